The first-order chi connectivity index (χ1) is 12.5. The molecule has 2 fully saturated rings. The highest BCUT2D eigenvalue weighted by Gasteiger charge is 2.36. The number of fused-ring (bicyclic) bond motifs is 1. The molecule has 4 nitrogen and oxygen atoms in total. The number of thiol groups is 1. The Bertz CT molecular complexity index is 680. The maximum atomic E-state index is 12.2. The van der Waals surface area contributed by atoms with E-state index in [1.807, 2.05) is 0 Å². The second-order valence-corrected chi connectivity index (χ2v) is 7.56. The number of aromatic nitrogens is 1. The SMILES string of the molecule is Fc1ccccc1S.Oc1ccc(C(O)CN2C[C@H]3CCC[C@H]3C2)nc1. The summed E-state index contributed by atoms with van der Waals surface area (Å²) in [6.07, 6.45) is 4.93. The average Bonchev–Trinajstić information content (AvgIpc) is 3.20. The molecule has 1 saturated heterocycles. The third kappa shape index (κ3) is 4.96. The van der Waals surface area contributed by atoms with Crippen LogP contribution in [-0.4, -0.2) is 39.7 Å². The minimum absolute atomic E-state index is 0.140. The zero-order chi connectivity index (χ0) is 18.5. The van der Waals surface area contributed by atoms with Crippen LogP contribution < -0.4 is 0 Å². The van der Waals surface area contributed by atoms with E-state index < -0.39 is 6.10 Å². The number of pyridine rings is 1. The first kappa shape index (κ1) is 19.1. The zero-order valence-electron chi connectivity index (χ0n) is 14.6. The molecule has 26 heavy (non-hydrogen) atoms. The molecule has 1 aliphatic carbocycles. The standard InChI is InChI=1S/C14H20N2O2.C6H5FS/c17-12-4-5-13(15-6-12)14(18)9-16-7-10-2-1-3-11(10)8-16;7-5-3-1-2-4-6(5)8/h4-6,10-11,14,17-18H,1-3,7-9H2;1-4,8H/t10-,11+,14?;. The molecule has 1 aliphatic heterocycles. The highest BCUT2D eigenvalue weighted by atomic mass is 32.1. The van der Waals surface area contributed by atoms with Crippen molar-refractivity contribution in [1.29, 1.82) is 0 Å². The average molecular weight is 376 g/mol. The summed E-state index contributed by atoms with van der Waals surface area (Å²) in [6.45, 7) is 2.91. The highest BCUT2D eigenvalue weighted by molar-refractivity contribution is 7.80. The lowest BCUT2D eigenvalue weighted by Crippen LogP contribution is -2.27. The molecule has 1 saturated carbocycles. The number of hydrogen-bond acceptors (Lipinski definition) is 5. The monoisotopic (exact) mass is 376 g/mol. The van der Waals surface area contributed by atoms with E-state index in [0.29, 0.717) is 17.1 Å². The molecule has 4 rings (SSSR count). The number of aliphatic hydroxyl groups is 1. The predicted octanol–water partition coefficient (Wildman–Crippen LogP) is 3.67. The van der Waals surface area contributed by atoms with Crippen LogP contribution in [-0.2, 0) is 0 Å². The van der Waals surface area contributed by atoms with Gasteiger partial charge in [-0.15, -0.1) is 12.6 Å². The Morgan fingerprint density at radius 2 is 1.85 bits per heavy atom. The van der Waals surface area contributed by atoms with Crippen molar-refractivity contribution >= 4 is 12.6 Å². The summed E-state index contributed by atoms with van der Waals surface area (Å²) in [5.41, 5.74) is 0.643. The molecule has 1 unspecified atom stereocenters. The fourth-order valence-corrected chi connectivity index (χ4v) is 4.03. The number of rotatable bonds is 3. The molecule has 0 amide bonds. The van der Waals surface area contributed by atoms with Crippen molar-refractivity contribution in [3.63, 3.8) is 0 Å². The molecule has 2 heterocycles. The van der Waals surface area contributed by atoms with Crippen molar-refractivity contribution in [3.05, 3.63) is 54.1 Å². The van der Waals surface area contributed by atoms with Gasteiger partial charge in [-0.05, 0) is 48.9 Å². The summed E-state index contributed by atoms with van der Waals surface area (Å²) >= 11 is 3.82. The number of nitrogens with zero attached hydrogens (tertiary/aromatic N) is 2. The van der Waals surface area contributed by atoms with Crippen molar-refractivity contribution in [2.75, 3.05) is 19.6 Å². The topological polar surface area (TPSA) is 56.6 Å². The molecule has 1 aromatic carbocycles. The van der Waals surface area contributed by atoms with Crippen molar-refractivity contribution in [2.45, 2.75) is 30.3 Å². The quantitative estimate of drug-likeness (QED) is 0.716. The molecular formula is C20H25FN2O2S. The van der Waals surface area contributed by atoms with Gasteiger partial charge in [-0.3, -0.25) is 9.88 Å². The Morgan fingerprint density at radius 1 is 1.15 bits per heavy atom. The van der Waals surface area contributed by atoms with Crippen LogP contribution in [0.2, 0.25) is 0 Å². The van der Waals surface area contributed by atoms with E-state index in [9.17, 15) is 14.6 Å². The van der Waals surface area contributed by atoms with Gasteiger partial charge in [-0.1, -0.05) is 18.6 Å². The van der Waals surface area contributed by atoms with Gasteiger partial charge in [-0.25, -0.2) is 4.39 Å². The summed E-state index contributed by atoms with van der Waals surface area (Å²) in [6, 6.07) is 9.63. The van der Waals surface area contributed by atoms with Gasteiger partial charge in [0.25, 0.3) is 0 Å². The summed E-state index contributed by atoms with van der Waals surface area (Å²) in [5, 5.41) is 19.3. The third-order valence-corrected chi connectivity index (χ3v) is 5.56. The molecule has 2 N–H and O–H groups in total. The van der Waals surface area contributed by atoms with E-state index in [1.165, 1.54) is 31.5 Å². The molecule has 2 aromatic rings. The molecule has 140 valence electrons. The van der Waals surface area contributed by atoms with E-state index in [-0.39, 0.29) is 11.6 Å². The molecule has 3 atom stereocenters. The van der Waals surface area contributed by atoms with Gasteiger partial charge in [0.2, 0.25) is 0 Å². The van der Waals surface area contributed by atoms with Crippen LogP contribution in [0.15, 0.2) is 47.5 Å². The van der Waals surface area contributed by atoms with Crippen molar-refractivity contribution < 1.29 is 14.6 Å². The zero-order valence-corrected chi connectivity index (χ0v) is 15.5. The number of hydrogen-bond donors (Lipinski definition) is 3. The third-order valence-electron chi connectivity index (χ3n) is 5.20. The molecule has 0 spiro atoms. The maximum absolute atomic E-state index is 12.2. The molecule has 0 bridgehead atoms. The van der Waals surface area contributed by atoms with E-state index >= 15 is 0 Å². The number of β-amino-alcohol motifs (C(OH)–C–C–N with tert-alkyl or cyclic N) is 1. The Morgan fingerprint density at radius 3 is 2.38 bits per heavy atom. The largest absolute Gasteiger partial charge is 0.506 e. The molecule has 0 radical (unpaired) electrons. The van der Waals surface area contributed by atoms with Gasteiger partial charge >= 0.3 is 0 Å². The van der Waals surface area contributed by atoms with E-state index in [2.05, 4.69) is 22.5 Å². The fourth-order valence-electron chi connectivity index (χ4n) is 3.87. The fraction of sp³-hybridized carbons (Fsp3) is 0.450. The van der Waals surface area contributed by atoms with Gasteiger partial charge in [0.15, 0.2) is 0 Å². The highest BCUT2D eigenvalue weighted by Crippen LogP contribution is 2.38. The maximum Gasteiger partial charge on any atom is 0.136 e. The Balaban J connectivity index is 0.000000206. The lowest BCUT2D eigenvalue weighted by atomic mass is 10.0. The number of likely N-dealkylation sites (tertiary alicyclic amines) is 1. The van der Waals surface area contributed by atoms with E-state index in [0.717, 1.165) is 24.9 Å². The van der Waals surface area contributed by atoms with Crippen molar-refractivity contribution in [3.8, 4) is 5.75 Å². The Labute approximate surface area is 159 Å². The van der Waals surface area contributed by atoms with Crippen molar-refractivity contribution in [1.82, 2.24) is 9.88 Å². The van der Waals surface area contributed by atoms with Crippen LogP contribution in [0.1, 0.15) is 31.1 Å². The van der Waals surface area contributed by atoms with Crippen LogP contribution in [0, 0.1) is 17.7 Å². The first-order valence-electron chi connectivity index (χ1n) is 9.01. The van der Waals surface area contributed by atoms with Gasteiger partial charge in [0, 0.05) is 24.5 Å². The lowest BCUT2D eigenvalue weighted by Gasteiger charge is -2.20. The Hall–Kier alpha value is -1.63. The van der Waals surface area contributed by atoms with Gasteiger partial charge in [0.05, 0.1) is 11.9 Å². The number of benzene rings is 1. The van der Waals surface area contributed by atoms with Gasteiger partial charge in [0.1, 0.15) is 17.7 Å². The molecule has 6 heteroatoms. The van der Waals surface area contributed by atoms with Crippen LogP contribution in [0.3, 0.4) is 0 Å². The Kier molecular flexibility index (Phi) is 6.51. The van der Waals surface area contributed by atoms with Gasteiger partial charge < -0.3 is 10.2 Å². The normalized spacial score (nSPS) is 23.2. The lowest BCUT2D eigenvalue weighted by molar-refractivity contribution is 0.118. The first-order valence-corrected chi connectivity index (χ1v) is 9.46. The van der Waals surface area contributed by atoms with E-state index in [1.54, 1.807) is 30.3 Å². The number of aromatic hydroxyl groups is 1. The van der Waals surface area contributed by atoms with Crippen molar-refractivity contribution in [2.24, 2.45) is 11.8 Å². The summed E-state index contributed by atoms with van der Waals surface area (Å²) in [4.78, 5) is 6.82. The molecule has 1 aromatic heterocycles. The predicted molar refractivity (Wildman–Crippen MR) is 102 cm³/mol. The molecular weight excluding hydrogens is 351 g/mol. The minimum Gasteiger partial charge on any atom is -0.506 e. The second kappa shape index (κ2) is 8.84. The second-order valence-electron chi connectivity index (χ2n) is 7.08. The van der Waals surface area contributed by atoms with Gasteiger partial charge in [-0.2, -0.15) is 0 Å². The summed E-state index contributed by atoms with van der Waals surface area (Å²) < 4.78 is 12.2. The molecule has 2 aliphatic rings. The van der Waals surface area contributed by atoms with Crippen LogP contribution >= 0.6 is 12.6 Å². The minimum atomic E-state index is -0.551. The smallest absolute Gasteiger partial charge is 0.136 e. The van der Waals surface area contributed by atoms with Crippen LogP contribution in [0.5, 0.6) is 5.75 Å². The summed E-state index contributed by atoms with van der Waals surface area (Å²) in [7, 11) is 0. The number of halogens is 1. The van der Waals surface area contributed by atoms with E-state index in [4.69, 9.17) is 0 Å². The summed E-state index contributed by atoms with van der Waals surface area (Å²) in [5.74, 6) is 1.58. The number of aliphatic hydroxyl groups excluding tert-OH is 1. The van der Waals surface area contributed by atoms with Crippen LogP contribution in [0.25, 0.3) is 0 Å². The van der Waals surface area contributed by atoms with Crippen LogP contribution in [0.4, 0.5) is 4.39 Å².